The van der Waals surface area contributed by atoms with Gasteiger partial charge in [0.25, 0.3) is 0 Å². The van der Waals surface area contributed by atoms with Crippen molar-refractivity contribution < 1.29 is 9.59 Å². The van der Waals surface area contributed by atoms with Crippen molar-refractivity contribution in [2.75, 3.05) is 24.5 Å². The number of aldehydes is 1. The van der Waals surface area contributed by atoms with Crippen LogP contribution < -0.4 is 10.2 Å². The highest BCUT2D eigenvalue weighted by molar-refractivity contribution is 9.10. The summed E-state index contributed by atoms with van der Waals surface area (Å²) in [6.07, 6.45) is 1.73. The molecule has 1 aromatic rings. The van der Waals surface area contributed by atoms with Crippen LogP contribution in [0, 0.1) is 0 Å². The van der Waals surface area contributed by atoms with Gasteiger partial charge in [0.2, 0.25) is 5.91 Å². The number of carbonyl (C=O) groups is 2. The molecule has 90 valence electrons. The van der Waals surface area contributed by atoms with E-state index in [0.29, 0.717) is 12.1 Å². The Labute approximate surface area is 108 Å². The Morgan fingerprint density at radius 3 is 2.94 bits per heavy atom. The maximum atomic E-state index is 11.5. The molecule has 0 aliphatic carbocycles. The van der Waals surface area contributed by atoms with E-state index in [2.05, 4.69) is 21.2 Å². The molecule has 2 rings (SSSR count). The van der Waals surface area contributed by atoms with Crippen LogP contribution in [0.4, 0.5) is 5.69 Å². The number of anilines is 1. The Morgan fingerprint density at radius 2 is 2.24 bits per heavy atom. The maximum absolute atomic E-state index is 11.5. The van der Waals surface area contributed by atoms with Crippen LogP contribution in [0.15, 0.2) is 22.7 Å². The fourth-order valence-corrected chi connectivity index (χ4v) is 2.51. The van der Waals surface area contributed by atoms with Crippen molar-refractivity contribution in [3.05, 3.63) is 28.2 Å². The van der Waals surface area contributed by atoms with Crippen molar-refractivity contribution in [2.24, 2.45) is 0 Å². The fraction of sp³-hybridized carbons (Fsp3) is 0.333. The topological polar surface area (TPSA) is 49.4 Å². The first-order chi connectivity index (χ1) is 8.20. The van der Waals surface area contributed by atoms with Gasteiger partial charge in [0.1, 0.15) is 6.29 Å². The molecule has 0 saturated carbocycles. The molecular formula is C12H13BrN2O2. The number of halogens is 1. The van der Waals surface area contributed by atoms with E-state index < -0.39 is 0 Å². The SMILES string of the molecule is O=Cc1ccc(N2CCCNC(=O)C2)c(Br)c1. The zero-order chi connectivity index (χ0) is 12.3. The van der Waals surface area contributed by atoms with Crippen LogP contribution in [0.5, 0.6) is 0 Å². The number of nitrogens with zero attached hydrogens (tertiary/aromatic N) is 1. The van der Waals surface area contributed by atoms with E-state index in [1.807, 2.05) is 11.0 Å². The molecule has 0 spiro atoms. The summed E-state index contributed by atoms with van der Waals surface area (Å²) in [6.45, 7) is 1.91. The predicted octanol–water partition coefficient (Wildman–Crippen LogP) is 1.59. The Morgan fingerprint density at radius 1 is 1.41 bits per heavy atom. The van der Waals surface area contributed by atoms with E-state index in [4.69, 9.17) is 0 Å². The Hall–Kier alpha value is -1.36. The van der Waals surface area contributed by atoms with Crippen LogP contribution in [-0.4, -0.2) is 31.8 Å². The van der Waals surface area contributed by atoms with Gasteiger partial charge in [-0.2, -0.15) is 0 Å². The zero-order valence-corrected chi connectivity index (χ0v) is 10.9. The van der Waals surface area contributed by atoms with E-state index in [1.54, 1.807) is 12.1 Å². The van der Waals surface area contributed by atoms with Gasteiger partial charge in [-0.25, -0.2) is 0 Å². The van der Waals surface area contributed by atoms with Gasteiger partial charge in [-0.15, -0.1) is 0 Å². The van der Waals surface area contributed by atoms with Gasteiger partial charge in [0, 0.05) is 23.1 Å². The lowest BCUT2D eigenvalue weighted by Gasteiger charge is -2.22. The molecule has 0 atom stereocenters. The first-order valence-electron chi connectivity index (χ1n) is 5.47. The number of hydrogen-bond acceptors (Lipinski definition) is 3. The van der Waals surface area contributed by atoms with Crippen molar-refractivity contribution in [1.29, 1.82) is 0 Å². The first kappa shape index (κ1) is 12.1. The number of rotatable bonds is 2. The Bertz CT molecular complexity index is 448. The van der Waals surface area contributed by atoms with E-state index in [9.17, 15) is 9.59 Å². The summed E-state index contributed by atoms with van der Waals surface area (Å²) in [5.74, 6) is 0.0360. The highest BCUT2D eigenvalue weighted by atomic mass is 79.9. The zero-order valence-electron chi connectivity index (χ0n) is 9.28. The molecule has 5 heteroatoms. The number of amides is 1. The highest BCUT2D eigenvalue weighted by Crippen LogP contribution is 2.27. The van der Waals surface area contributed by atoms with Gasteiger partial charge in [0.15, 0.2) is 0 Å². The second-order valence-corrected chi connectivity index (χ2v) is 4.81. The standard InChI is InChI=1S/C12H13BrN2O2/c13-10-6-9(8-16)2-3-11(10)15-5-1-4-14-12(17)7-15/h2-3,6,8H,1,4-5,7H2,(H,14,17). The van der Waals surface area contributed by atoms with E-state index in [1.165, 1.54) is 0 Å². The molecule has 1 fully saturated rings. The predicted molar refractivity (Wildman–Crippen MR) is 69.4 cm³/mol. The second-order valence-electron chi connectivity index (χ2n) is 3.95. The average Bonchev–Trinajstić information content (AvgIpc) is 2.53. The molecule has 0 bridgehead atoms. The summed E-state index contributed by atoms with van der Waals surface area (Å²) in [5, 5.41) is 2.83. The van der Waals surface area contributed by atoms with Crippen LogP contribution in [0.1, 0.15) is 16.8 Å². The van der Waals surface area contributed by atoms with Crippen LogP contribution >= 0.6 is 15.9 Å². The van der Waals surface area contributed by atoms with E-state index >= 15 is 0 Å². The molecule has 1 aliphatic heterocycles. The molecule has 4 nitrogen and oxygen atoms in total. The number of benzene rings is 1. The molecule has 0 unspecified atom stereocenters. The molecule has 0 aromatic heterocycles. The number of carbonyl (C=O) groups excluding carboxylic acids is 2. The normalized spacial score (nSPS) is 16.3. The lowest BCUT2D eigenvalue weighted by Crippen LogP contribution is -2.33. The van der Waals surface area contributed by atoms with Crippen molar-refractivity contribution in [3.63, 3.8) is 0 Å². The third kappa shape index (κ3) is 2.85. The highest BCUT2D eigenvalue weighted by Gasteiger charge is 2.16. The largest absolute Gasteiger partial charge is 0.361 e. The summed E-state index contributed by atoms with van der Waals surface area (Å²) in [5.41, 5.74) is 1.58. The third-order valence-corrected chi connectivity index (χ3v) is 3.35. The fourth-order valence-electron chi connectivity index (χ4n) is 1.86. The number of hydrogen-bond donors (Lipinski definition) is 1. The molecule has 1 aromatic carbocycles. The summed E-state index contributed by atoms with van der Waals surface area (Å²) >= 11 is 3.44. The average molecular weight is 297 g/mol. The van der Waals surface area contributed by atoms with Gasteiger partial charge in [-0.3, -0.25) is 9.59 Å². The minimum atomic E-state index is 0.0360. The van der Waals surface area contributed by atoms with Crippen molar-refractivity contribution >= 4 is 33.8 Å². The molecule has 1 N–H and O–H groups in total. The molecule has 17 heavy (non-hydrogen) atoms. The van der Waals surface area contributed by atoms with Gasteiger partial charge in [-0.1, -0.05) is 0 Å². The lowest BCUT2D eigenvalue weighted by atomic mass is 10.2. The van der Waals surface area contributed by atoms with Gasteiger partial charge < -0.3 is 10.2 Å². The van der Waals surface area contributed by atoms with Crippen molar-refractivity contribution in [2.45, 2.75) is 6.42 Å². The van der Waals surface area contributed by atoms with Crippen LogP contribution in [0.3, 0.4) is 0 Å². The minimum Gasteiger partial charge on any atom is -0.361 e. The van der Waals surface area contributed by atoms with Crippen LogP contribution in [-0.2, 0) is 4.79 Å². The first-order valence-corrected chi connectivity index (χ1v) is 6.26. The smallest absolute Gasteiger partial charge is 0.239 e. The van der Waals surface area contributed by atoms with E-state index in [-0.39, 0.29) is 5.91 Å². The second kappa shape index (κ2) is 5.31. The quantitative estimate of drug-likeness (QED) is 0.843. The molecule has 1 saturated heterocycles. The van der Waals surface area contributed by atoms with Gasteiger partial charge in [-0.05, 0) is 40.5 Å². The lowest BCUT2D eigenvalue weighted by molar-refractivity contribution is -0.119. The minimum absolute atomic E-state index is 0.0360. The molecule has 1 aliphatic rings. The molecule has 0 radical (unpaired) electrons. The van der Waals surface area contributed by atoms with Crippen molar-refractivity contribution in [3.8, 4) is 0 Å². The molecule has 1 amide bonds. The number of nitrogens with one attached hydrogen (secondary N) is 1. The van der Waals surface area contributed by atoms with E-state index in [0.717, 1.165) is 36.0 Å². The monoisotopic (exact) mass is 296 g/mol. The molecule has 1 heterocycles. The third-order valence-electron chi connectivity index (χ3n) is 2.71. The summed E-state index contributed by atoms with van der Waals surface area (Å²) in [4.78, 5) is 24.1. The summed E-state index contributed by atoms with van der Waals surface area (Å²) in [6, 6.07) is 5.40. The van der Waals surface area contributed by atoms with Crippen LogP contribution in [0.25, 0.3) is 0 Å². The van der Waals surface area contributed by atoms with Crippen molar-refractivity contribution in [1.82, 2.24) is 5.32 Å². The molecular weight excluding hydrogens is 284 g/mol. The Kier molecular flexibility index (Phi) is 3.78. The van der Waals surface area contributed by atoms with Crippen LogP contribution in [0.2, 0.25) is 0 Å². The Balaban J connectivity index is 2.26. The van der Waals surface area contributed by atoms with Gasteiger partial charge in [0.05, 0.1) is 12.2 Å². The maximum Gasteiger partial charge on any atom is 0.239 e. The van der Waals surface area contributed by atoms with Gasteiger partial charge >= 0.3 is 0 Å². The summed E-state index contributed by atoms with van der Waals surface area (Å²) in [7, 11) is 0. The summed E-state index contributed by atoms with van der Waals surface area (Å²) < 4.78 is 0.844.